The number of halogens is 2. The van der Waals surface area contributed by atoms with Gasteiger partial charge in [0.2, 0.25) is 5.91 Å². The molecule has 2 heterocycles. The van der Waals surface area contributed by atoms with Gasteiger partial charge in [-0.25, -0.2) is 9.59 Å². The molecule has 1 fully saturated rings. The Bertz CT molecular complexity index is 909. The van der Waals surface area contributed by atoms with E-state index in [0.29, 0.717) is 5.76 Å². The molecule has 154 valence electrons. The number of hydrogen-bond acceptors (Lipinski definition) is 6. The summed E-state index contributed by atoms with van der Waals surface area (Å²) in [6.07, 6.45) is 1.24. The minimum Gasteiger partial charge on any atom is -0.469 e. The van der Waals surface area contributed by atoms with Crippen molar-refractivity contribution in [3.05, 3.63) is 52.4 Å². The summed E-state index contributed by atoms with van der Waals surface area (Å²) in [5.74, 6) is -2.95. The van der Waals surface area contributed by atoms with Crippen LogP contribution in [-0.2, 0) is 23.9 Å². The first kappa shape index (κ1) is 21.2. The van der Waals surface area contributed by atoms with Crippen LogP contribution in [0.1, 0.15) is 31.9 Å². The fraction of sp³-hybridized carbons (Fsp3) is 0.350. The van der Waals surface area contributed by atoms with Crippen LogP contribution in [0.15, 0.2) is 41.0 Å². The van der Waals surface area contributed by atoms with Crippen LogP contribution in [0.5, 0.6) is 0 Å². The molecule has 0 radical (unpaired) electrons. The summed E-state index contributed by atoms with van der Waals surface area (Å²) < 4.78 is 16.0. The number of amides is 1. The van der Waals surface area contributed by atoms with Crippen molar-refractivity contribution < 1.29 is 28.3 Å². The van der Waals surface area contributed by atoms with Crippen LogP contribution < -0.4 is 4.90 Å². The van der Waals surface area contributed by atoms with E-state index in [1.807, 2.05) is 0 Å². The van der Waals surface area contributed by atoms with Crippen molar-refractivity contribution >= 4 is 46.7 Å². The summed E-state index contributed by atoms with van der Waals surface area (Å²) in [4.78, 5) is 40.7. The number of anilines is 1. The highest BCUT2D eigenvalue weighted by Gasteiger charge is 2.67. The molecule has 7 nitrogen and oxygen atoms in total. The number of benzene rings is 1. The molecule has 3 rings (SSSR count). The average Bonchev–Trinajstić information content (AvgIpc) is 3.30. The third-order valence-electron chi connectivity index (χ3n) is 4.71. The number of ether oxygens (including phenoxy) is 2. The number of hydrogen-bond donors (Lipinski definition) is 0. The minimum absolute atomic E-state index is 0.00820. The zero-order valence-electron chi connectivity index (χ0n) is 15.8. The molecule has 1 aliphatic rings. The van der Waals surface area contributed by atoms with Gasteiger partial charge < -0.3 is 13.9 Å². The summed E-state index contributed by atoms with van der Waals surface area (Å²) in [5, 5.41) is 0.433. The largest absolute Gasteiger partial charge is 0.469 e. The van der Waals surface area contributed by atoms with E-state index >= 15 is 0 Å². The van der Waals surface area contributed by atoms with E-state index in [0.717, 1.165) is 4.90 Å². The topological polar surface area (TPSA) is 86.0 Å². The molecule has 1 aromatic heterocycles. The molecule has 1 aliphatic heterocycles. The highest BCUT2D eigenvalue weighted by molar-refractivity contribution is 6.42. The number of furan rings is 1. The Morgan fingerprint density at radius 2 is 1.79 bits per heavy atom. The second-order valence-corrected chi connectivity index (χ2v) is 7.12. The van der Waals surface area contributed by atoms with Crippen molar-refractivity contribution in [1.29, 1.82) is 0 Å². The number of carbonyl (C=O) groups excluding carboxylic acids is 3. The molecule has 1 saturated heterocycles. The van der Waals surface area contributed by atoms with Crippen LogP contribution >= 0.6 is 23.2 Å². The Morgan fingerprint density at radius 1 is 1.14 bits per heavy atom. The van der Waals surface area contributed by atoms with Gasteiger partial charge in [0.1, 0.15) is 5.76 Å². The smallest absolute Gasteiger partial charge is 0.345 e. The maximum Gasteiger partial charge on any atom is 0.345 e. The lowest BCUT2D eigenvalue weighted by molar-refractivity contribution is -0.165. The fourth-order valence-electron chi connectivity index (χ4n) is 3.57. The molecule has 0 spiro atoms. The summed E-state index contributed by atoms with van der Waals surface area (Å²) in [5.41, 5.74) is -1.88. The molecule has 0 aliphatic carbocycles. The van der Waals surface area contributed by atoms with Gasteiger partial charge in [0.15, 0.2) is 0 Å². The van der Waals surface area contributed by atoms with Gasteiger partial charge in [-0.05, 0) is 44.2 Å². The van der Waals surface area contributed by atoms with Crippen LogP contribution in [0, 0.1) is 0 Å². The van der Waals surface area contributed by atoms with Crippen molar-refractivity contribution in [3.8, 4) is 0 Å². The van der Waals surface area contributed by atoms with Crippen LogP contribution in [0.3, 0.4) is 0 Å². The van der Waals surface area contributed by atoms with E-state index in [4.69, 9.17) is 37.1 Å². The van der Waals surface area contributed by atoms with Gasteiger partial charge in [0, 0.05) is 12.1 Å². The van der Waals surface area contributed by atoms with Gasteiger partial charge in [-0.1, -0.05) is 23.2 Å². The average molecular weight is 440 g/mol. The van der Waals surface area contributed by atoms with Crippen molar-refractivity contribution in [2.75, 3.05) is 18.1 Å². The quantitative estimate of drug-likeness (QED) is 0.499. The molecule has 1 unspecified atom stereocenters. The van der Waals surface area contributed by atoms with Crippen LogP contribution in [0.25, 0.3) is 0 Å². The van der Waals surface area contributed by atoms with Gasteiger partial charge in [-0.15, -0.1) is 0 Å². The Hall–Kier alpha value is -2.51. The zero-order valence-corrected chi connectivity index (χ0v) is 17.3. The van der Waals surface area contributed by atoms with E-state index in [1.165, 1.54) is 24.5 Å². The lowest BCUT2D eigenvalue weighted by Crippen LogP contribution is -2.62. The zero-order chi connectivity index (χ0) is 21.2. The van der Waals surface area contributed by atoms with Crippen LogP contribution in [0.2, 0.25) is 10.0 Å². The van der Waals surface area contributed by atoms with Gasteiger partial charge in [-0.3, -0.25) is 9.69 Å². The summed E-state index contributed by atoms with van der Waals surface area (Å²) in [6, 6.07) is 7.61. The first-order chi connectivity index (χ1) is 13.9. The van der Waals surface area contributed by atoms with E-state index < -0.39 is 29.3 Å². The summed E-state index contributed by atoms with van der Waals surface area (Å²) in [7, 11) is 0. The van der Waals surface area contributed by atoms with Crippen LogP contribution in [-0.4, -0.2) is 36.6 Å². The van der Waals surface area contributed by atoms with Crippen molar-refractivity contribution in [1.82, 2.24) is 0 Å². The SMILES string of the molecule is CCOC(=O)C1(C(=O)OCC)C(c2ccco2)CC(=O)N1c1ccc(Cl)c(Cl)c1. The highest BCUT2D eigenvalue weighted by atomic mass is 35.5. The van der Waals surface area contributed by atoms with E-state index in [1.54, 1.807) is 26.0 Å². The lowest BCUT2D eigenvalue weighted by atomic mass is 9.82. The van der Waals surface area contributed by atoms with Gasteiger partial charge in [-0.2, -0.15) is 0 Å². The van der Waals surface area contributed by atoms with E-state index in [-0.39, 0.29) is 35.4 Å². The molecule has 0 bridgehead atoms. The van der Waals surface area contributed by atoms with E-state index in [9.17, 15) is 14.4 Å². The molecule has 1 aromatic carbocycles. The fourth-order valence-corrected chi connectivity index (χ4v) is 3.86. The maximum absolute atomic E-state index is 13.3. The van der Waals surface area contributed by atoms with Crippen molar-refractivity contribution in [2.45, 2.75) is 31.7 Å². The normalized spacial score (nSPS) is 18.0. The lowest BCUT2D eigenvalue weighted by Gasteiger charge is -2.36. The molecular weight excluding hydrogens is 421 g/mol. The Morgan fingerprint density at radius 3 is 2.31 bits per heavy atom. The Kier molecular flexibility index (Phi) is 6.19. The third kappa shape index (κ3) is 3.49. The minimum atomic E-state index is -2.10. The summed E-state index contributed by atoms with van der Waals surface area (Å²) in [6.45, 7) is 3.24. The van der Waals surface area contributed by atoms with Crippen molar-refractivity contribution in [3.63, 3.8) is 0 Å². The number of esters is 2. The van der Waals surface area contributed by atoms with Gasteiger partial charge in [0.25, 0.3) is 5.54 Å². The molecule has 1 atom stereocenters. The Labute approximate surface area is 177 Å². The Balaban J connectivity index is 2.27. The van der Waals surface area contributed by atoms with Crippen LogP contribution in [0.4, 0.5) is 5.69 Å². The molecule has 1 amide bonds. The molecule has 2 aromatic rings. The second-order valence-electron chi connectivity index (χ2n) is 6.31. The standard InChI is InChI=1S/C20H19Cl2NO6/c1-3-27-18(25)20(19(26)28-4-2)13(16-6-5-9-29-16)11-17(24)23(20)12-7-8-14(21)15(22)10-12/h5-10,13H,3-4,11H2,1-2H3. The third-order valence-corrected chi connectivity index (χ3v) is 5.45. The predicted octanol–water partition coefficient (Wildman–Crippen LogP) is 3.97. The monoisotopic (exact) mass is 439 g/mol. The molecule has 29 heavy (non-hydrogen) atoms. The van der Waals surface area contributed by atoms with Crippen molar-refractivity contribution in [2.24, 2.45) is 0 Å². The summed E-state index contributed by atoms with van der Waals surface area (Å²) >= 11 is 12.1. The predicted molar refractivity (Wildman–Crippen MR) is 106 cm³/mol. The second kappa shape index (κ2) is 8.47. The first-order valence-electron chi connectivity index (χ1n) is 9.03. The molecular formula is C20H19Cl2NO6. The van der Waals surface area contributed by atoms with Gasteiger partial charge in [0.05, 0.1) is 35.4 Å². The highest BCUT2D eigenvalue weighted by Crippen LogP contribution is 2.48. The van der Waals surface area contributed by atoms with Gasteiger partial charge >= 0.3 is 11.9 Å². The molecule has 9 heteroatoms. The number of carbonyl (C=O) groups is 3. The molecule has 0 N–H and O–H groups in total. The maximum atomic E-state index is 13.3. The number of rotatable bonds is 6. The molecule has 0 saturated carbocycles. The first-order valence-corrected chi connectivity index (χ1v) is 9.79. The van der Waals surface area contributed by atoms with E-state index in [2.05, 4.69) is 0 Å². The number of nitrogens with zero attached hydrogens (tertiary/aromatic N) is 1.